The number of nitrogens with zero attached hydrogens (tertiary/aromatic N) is 3. The summed E-state index contributed by atoms with van der Waals surface area (Å²) in [5.74, 6) is 0.606. The molecule has 0 atom stereocenters. The van der Waals surface area contributed by atoms with Crippen LogP contribution in [0.25, 0.3) is 10.4 Å². The Labute approximate surface area is 94.3 Å². The van der Waals surface area contributed by atoms with Crippen LogP contribution in [0.1, 0.15) is 12.5 Å². The molecule has 1 aromatic rings. The second kappa shape index (κ2) is 5.14. The van der Waals surface area contributed by atoms with Crippen LogP contribution in [0.5, 0.6) is 0 Å². The average molecular weight is 247 g/mol. The molecule has 0 radical (unpaired) electrons. The maximum absolute atomic E-state index is 12.4. The molecule has 16 heavy (non-hydrogen) atoms. The van der Waals surface area contributed by atoms with Gasteiger partial charge in [-0.1, -0.05) is 18.1 Å². The number of alkyl halides is 3. The normalized spacial score (nSPS) is 11.0. The second-order valence-electron chi connectivity index (χ2n) is 2.80. The van der Waals surface area contributed by atoms with E-state index < -0.39 is 11.7 Å². The summed E-state index contributed by atoms with van der Waals surface area (Å²) in [7, 11) is 0. The van der Waals surface area contributed by atoms with E-state index in [1.807, 2.05) is 6.92 Å². The molecule has 0 saturated heterocycles. The molecule has 0 aromatic heterocycles. The van der Waals surface area contributed by atoms with Crippen LogP contribution in [0.2, 0.25) is 0 Å². The lowest BCUT2D eigenvalue weighted by Gasteiger charge is -2.09. The van der Waals surface area contributed by atoms with Crippen LogP contribution in [0, 0.1) is 0 Å². The molecular weight excluding hydrogens is 239 g/mol. The van der Waals surface area contributed by atoms with Crippen molar-refractivity contribution in [3.05, 3.63) is 34.2 Å². The van der Waals surface area contributed by atoms with Crippen molar-refractivity contribution in [1.82, 2.24) is 0 Å². The minimum atomic E-state index is -4.38. The van der Waals surface area contributed by atoms with E-state index >= 15 is 0 Å². The fourth-order valence-corrected chi connectivity index (χ4v) is 1.87. The first-order chi connectivity index (χ1) is 7.49. The van der Waals surface area contributed by atoms with Crippen LogP contribution < -0.4 is 0 Å². The Bertz CT molecular complexity index is 424. The number of azide groups is 1. The van der Waals surface area contributed by atoms with Crippen LogP contribution in [-0.2, 0) is 6.18 Å². The van der Waals surface area contributed by atoms with Gasteiger partial charge in [0.25, 0.3) is 0 Å². The Morgan fingerprint density at radius 3 is 2.62 bits per heavy atom. The Kier molecular flexibility index (Phi) is 4.09. The molecule has 0 aliphatic heterocycles. The smallest absolute Gasteiger partial charge is 0.166 e. The highest BCUT2D eigenvalue weighted by Gasteiger charge is 2.30. The van der Waals surface area contributed by atoms with Crippen molar-refractivity contribution in [2.24, 2.45) is 5.11 Å². The van der Waals surface area contributed by atoms with Gasteiger partial charge in [-0.25, -0.2) is 0 Å². The summed E-state index contributed by atoms with van der Waals surface area (Å²) in [6.07, 6.45) is -4.38. The van der Waals surface area contributed by atoms with E-state index in [9.17, 15) is 13.2 Å². The Morgan fingerprint density at radius 2 is 2.12 bits per heavy atom. The van der Waals surface area contributed by atoms with E-state index in [0.29, 0.717) is 10.6 Å². The van der Waals surface area contributed by atoms with E-state index in [1.54, 1.807) is 0 Å². The van der Waals surface area contributed by atoms with Crippen molar-refractivity contribution < 1.29 is 13.2 Å². The van der Waals surface area contributed by atoms with E-state index in [-0.39, 0.29) is 5.69 Å². The predicted octanol–water partition coefficient (Wildman–Crippen LogP) is 4.76. The fraction of sp³-hybridized carbons (Fsp3) is 0.333. The van der Waals surface area contributed by atoms with Gasteiger partial charge in [0.2, 0.25) is 0 Å². The van der Waals surface area contributed by atoms with E-state index in [0.717, 1.165) is 12.1 Å². The largest absolute Gasteiger partial charge is 0.416 e. The Hall–Kier alpha value is -1.33. The zero-order chi connectivity index (χ0) is 12.2. The topological polar surface area (TPSA) is 48.8 Å². The van der Waals surface area contributed by atoms with Gasteiger partial charge < -0.3 is 0 Å². The molecule has 0 unspecified atom stereocenters. The summed E-state index contributed by atoms with van der Waals surface area (Å²) < 4.78 is 37.2. The molecule has 1 aromatic carbocycles. The van der Waals surface area contributed by atoms with Gasteiger partial charge in [0.05, 0.1) is 11.3 Å². The van der Waals surface area contributed by atoms with Crippen LogP contribution in [0.4, 0.5) is 18.9 Å². The summed E-state index contributed by atoms with van der Waals surface area (Å²) in [6, 6.07) is 3.09. The molecule has 0 spiro atoms. The van der Waals surface area contributed by atoms with Gasteiger partial charge in [0.1, 0.15) is 0 Å². The van der Waals surface area contributed by atoms with Crippen molar-refractivity contribution in [1.29, 1.82) is 0 Å². The minimum Gasteiger partial charge on any atom is -0.166 e. The van der Waals surface area contributed by atoms with Crippen LogP contribution in [0.3, 0.4) is 0 Å². The van der Waals surface area contributed by atoms with Gasteiger partial charge in [-0.15, -0.1) is 11.8 Å². The summed E-state index contributed by atoms with van der Waals surface area (Å²) in [5.41, 5.74) is 7.76. The average Bonchev–Trinajstić information content (AvgIpc) is 2.19. The van der Waals surface area contributed by atoms with Crippen LogP contribution in [-0.4, -0.2) is 5.75 Å². The molecule has 0 fully saturated rings. The van der Waals surface area contributed by atoms with Gasteiger partial charge >= 0.3 is 6.18 Å². The SMILES string of the molecule is CCSc1cc(C(F)(F)F)ccc1N=[N+]=[N-]. The molecule has 0 aliphatic carbocycles. The van der Waals surface area contributed by atoms with Crippen molar-refractivity contribution in [2.75, 3.05) is 5.75 Å². The number of benzene rings is 1. The van der Waals surface area contributed by atoms with Gasteiger partial charge in [0, 0.05) is 9.81 Å². The quantitative estimate of drug-likeness (QED) is 0.329. The van der Waals surface area contributed by atoms with Crippen LogP contribution in [0.15, 0.2) is 28.2 Å². The van der Waals surface area contributed by atoms with Crippen molar-refractivity contribution in [3.8, 4) is 0 Å². The highest BCUT2D eigenvalue weighted by molar-refractivity contribution is 7.99. The monoisotopic (exact) mass is 247 g/mol. The van der Waals surface area contributed by atoms with E-state index in [1.165, 1.54) is 17.8 Å². The number of halogens is 3. The number of hydrogen-bond acceptors (Lipinski definition) is 2. The maximum atomic E-state index is 12.4. The fourth-order valence-electron chi connectivity index (χ4n) is 1.09. The summed E-state index contributed by atoms with van der Waals surface area (Å²) in [5, 5.41) is 3.34. The Balaban J connectivity index is 3.22. The van der Waals surface area contributed by atoms with Crippen molar-refractivity contribution in [3.63, 3.8) is 0 Å². The van der Waals surface area contributed by atoms with E-state index in [2.05, 4.69) is 10.0 Å². The van der Waals surface area contributed by atoms with Gasteiger partial charge in [-0.3, -0.25) is 0 Å². The zero-order valence-electron chi connectivity index (χ0n) is 8.32. The van der Waals surface area contributed by atoms with Crippen LogP contribution >= 0.6 is 11.8 Å². The standard InChI is InChI=1S/C9H8F3N3S/c1-2-16-8-5-6(9(10,11)12)3-4-7(8)14-15-13/h3-5H,2H2,1H3. The summed E-state index contributed by atoms with van der Waals surface area (Å²) in [4.78, 5) is 2.91. The highest BCUT2D eigenvalue weighted by atomic mass is 32.2. The molecule has 0 heterocycles. The molecule has 0 bridgehead atoms. The minimum absolute atomic E-state index is 0.224. The van der Waals surface area contributed by atoms with Gasteiger partial charge in [0.15, 0.2) is 0 Å². The lowest BCUT2D eigenvalue weighted by atomic mass is 10.2. The first-order valence-corrected chi connectivity index (χ1v) is 5.36. The molecule has 0 aliphatic rings. The first-order valence-electron chi connectivity index (χ1n) is 4.38. The molecule has 0 N–H and O–H groups in total. The summed E-state index contributed by atoms with van der Waals surface area (Å²) >= 11 is 1.21. The lowest BCUT2D eigenvalue weighted by Crippen LogP contribution is -2.04. The second-order valence-corrected chi connectivity index (χ2v) is 4.11. The molecule has 0 saturated carbocycles. The molecule has 0 amide bonds. The number of rotatable bonds is 3. The van der Waals surface area contributed by atoms with Gasteiger partial charge in [-0.05, 0) is 23.4 Å². The number of hydrogen-bond donors (Lipinski definition) is 0. The lowest BCUT2D eigenvalue weighted by molar-refractivity contribution is -0.137. The number of thioether (sulfide) groups is 1. The third-order valence-electron chi connectivity index (χ3n) is 1.74. The zero-order valence-corrected chi connectivity index (χ0v) is 9.14. The van der Waals surface area contributed by atoms with Crippen molar-refractivity contribution in [2.45, 2.75) is 18.0 Å². The molecule has 7 heteroatoms. The van der Waals surface area contributed by atoms with E-state index in [4.69, 9.17) is 5.53 Å². The molecular formula is C9H8F3N3S. The maximum Gasteiger partial charge on any atom is 0.416 e. The van der Waals surface area contributed by atoms with Gasteiger partial charge in [-0.2, -0.15) is 13.2 Å². The third kappa shape index (κ3) is 3.08. The predicted molar refractivity (Wildman–Crippen MR) is 56.6 cm³/mol. The highest BCUT2D eigenvalue weighted by Crippen LogP contribution is 2.36. The third-order valence-corrected chi connectivity index (χ3v) is 2.67. The summed E-state index contributed by atoms with van der Waals surface area (Å²) in [6.45, 7) is 1.81. The molecule has 3 nitrogen and oxygen atoms in total. The Morgan fingerprint density at radius 1 is 1.44 bits per heavy atom. The molecule has 1 rings (SSSR count). The first kappa shape index (κ1) is 12.7. The van der Waals surface area contributed by atoms with Crippen molar-refractivity contribution >= 4 is 17.4 Å². The molecule has 86 valence electrons.